The summed E-state index contributed by atoms with van der Waals surface area (Å²) in [6.45, 7) is 0. The van der Waals surface area contributed by atoms with E-state index < -0.39 is 11.8 Å². The molecule has 2 nitrogen and oxygen atoms in total. The third-order valence-electron chi connectivity index (χ3n) is 1.43. The van der Waals surface area contributed by atoms with Crippen LogP contribution in [0.1, 0.15) is 5.56 Å². The van der Waals surface area contributed by atoms with Crippen LogP contribution in [0.15, 0.2) is 12.1 Å². The van der Waals surface area contributed by atoms with Crippen molar-refractivity contribution in [3.63, 3.8) is 0 Å². The van der Waals surface area contributed by atoms with Crippen molar-refractivity contribution in [2.45, 2.75) is 6.42 Å². The highest BCUT2D eigenvalue weighted by Crippen LogP contribution is 2.24. The molecule has 0 atom stereocenters. The van der Waals surface area contributed by atoms with Crippen LogP contribution in [0, 0.1) is 5.82 Å². The first kappa shape index (κ1) is 10.3. The molecular formula is C8H5Cl2FO2. The van der Waals surface area contributed by atoms with Crippen molar-refractivity contribution in [3.05, 3.63) is 33.6 Å². The van der Waals surface area contributed by atoms with Gasteiger partial charge in [0.2, 0.25) is 0 Å². The lowest BCUT2D eigenvalue weighted by molar-refractivity contribution is -0.136. The normalized spacial score (nSPS) is 10.1. The van der Waals surface area contributed by atoms with Crippen LogP contribution in [0.5, 0.6) is 0 Å². The van der Waals surface area contributed by atoms with Gasteiger partial charge in [0.1, 0.15) is 5.82 Å². The predicted molar refractivity (Wildman–Crippen MR) is 47.8 cm³/mol. The molecular weight excluding hydrogens is 218 g/mol. The molecule has 70 valence electrons. The zero-order chi connectivity index (χ0) is 10.0. The SMILES string of the molecule is O=C(O)Cc1cc(F)c(Cl)cc1Cl. The lowest BCUT2D eigenvalue weighted by Crippen LogP contribution is -2.01. The Bertz CT molecular complexity index is 352. The second-order valence-electron chi connectivity index (χ2n) is 2.43. The Morgan fingerprint density at radius 2 is 2.00 bits per heavy atom. The summed E-state index contributed by atoms with van der Waals surface area (Å²) in [4.78, 5) is 10.3. The smallest absolute Gasteiger partial charge is 0.307 e. The maximum absolute atomic E-state index is 12.8. The van der Waals surface area contributed by atoms with E-state index in [2.05, 4.69) is 0 Å². The summed E-state index contributed by atoms with van der Waals surface area (Å²) < 4.78 is 12.8. The van der Waals surface area contributed by atoms with Gasteiger partial charge >= 0.3 is 5.97 Å². The Balaban J connectivity index is 3.08. The number of hydrogen-bond acceptors (Lipinski definition) is 1. The molecule has 1 aromatic carbocycles. The van der Waals surface area contributed by atoms with Crippen molar-refractivity contribution in [2.24, 2.45) is 0 Å². The average Bonchev–Trinajstić information content (AvgIpc) is 1.99. The second-order valence-corrected chi connectivity index (χ2v) is 3.24. The van der Waals surface area contributed by atoms with E-state index in [0.717, 1.165) is 6.07 Å². The zero-order valence-electron chi connectivity index (χ0n) is 6.35. The molecule has 0 saturated carbocycles. The van der Waals surface area contributed by atoms with Crippen LogP contribution in [0.3, 0.4) is 0 Å². The van der Waals surface area contributed by atoms with Gasteiger partial charge < -0.3 is 5.11 Å². The Hall–Kier alpha value is -0.800. The average molecular weight is 223 g/mol. The number of carboxylic acids is 1. The molecule has 5 heteroatoms. The Labute approximate surface area is 83.9 Å². The van der Waals surface area contributed by atoms with Crippen molar-refractivity contribution in [3.8, 4) is 0 Å². The number of halogens is 3. The molecule has 1 N–H and O–H groups in total. The minimum atomic E-state index is -1.07. The number of carbonyl (C=O) groups is 1. The summed E-state index contributed by atoms with van der Waals surface area (Å²) in [5.74, 6) is -1.73. The van der Waals surface area contributed by atoms with E-state index in [4.69, 9.17) is 28.3 Å². The fourth-order valence-electron chi connectivity index (χ4n) is 0.862. The quantitative estimate of drug-likeness (QED) is 0.782. The van der Waals surface area contributed by atoms with Crippen LogP contribution in [0.4, 0.5) is 4.39 Å². The zero-order valence-corrected chi connectivity index (χ0v) is 7.86. The largest absolute Gasteiger partial charge is 0.481 e. The van der Waals surface area contributed by atoms with E-state index in [1.807, 2.05) is 0 Å². The number of aliphatic carboxylic acids is 1. The third kappa shape index (κ3) is 2.57. The van der Waals surface area contributed by atoms with Crippen LogP contribution in [0.25, 0.3) is 0 Å². The van der Waals surface area contributed by atoms with Gasteiger partial charge in [-0.2, -0.15) is 0 Å². The summed E-state index contributed by atoms with van der Waals surface area (Å²) in [5, 5.41) is 8.49. The Kier molecular flexibility index (Phi) is 3.12. The van der Waals surface area contributed by atoms with Gasteiger partial charge in [0.15, 0.2) is 0 Å². The summed E-state index contributed by atoms with van der Waals surface area (Å²) in [6.07, 6.45) is -0.313. The maximum Gasteiger partial charge on any atom is 0.307 e. The lowest BCUT2D eigenvalue weighted by Gasteiger charge is -2.02. The maximum atomic E-state index is 12.8. The lowest BCUT2D eigenvalue weighted by atomic mass is 10.1. The van der Waals surface area contributed by atoms with Gasteiger partial charge in [-0.1, -0.05) is 23.2 Å². The number of hydrogen-bond donors (Lipinski definition) is 1. The topological polar surface area (TPSA) is 37.3 Å². The highest BCUT2D eigenvalue weighted by atomic mass is 35.5. The fourth-order valence-corrected chi connectivity index (χ4v) is 1.31. The van der Waals surface area contributed by atoms with E-state index in [1.165, 1.54) is 6.07 Å². The van der Waals surface area contributed by atoms with Gasteiger partial charge in [0.05, 0.1) is 11.4 Å². The molecule has 0 saturated heterocycles. The molecule has 0 spiro atoms. The first-order valence-corrected chi connectivity index (χ1v) is 4.11. The van der Waals surface area contributed by atoms with Crippen molar-refractivity contribution >= 4 is 29.2 Å². The fraction of sp³-hybridized carbons (Fsp3) is 0.125. The van der Waals surface area contributed by atoms with Crippen LogP contribution in [0.2, 0.25) is 10.0 Å². The highest BCUT2D eigenvalue weighted by Gasteiger charge is 2.09. The van der Waals surface area contributed by atoms with Crippen LogP contribution >= 0.6 is 23.2 Å². The first-order chi connectivity index (χ1) is 6.00. The molecule has 1 rings (SSSR count). The highest BCUT2D eigenvalue weighted by molar-refractivity contribution is 6.35. The number of benzene rings is 1. The molecule has 0 radical (unpaired) electrons. The first-order valence-electron chi connectivity index (χ1n) is 3.36. The van der Waals surface area contributed by atoms with E-state index in [1.54, 1.807) is 0 Å². The van der Waals surface area contributed by atoms with Crippen molar-refractivity contribution in [1.82, 2.24) is 0 Å². The van der Waals surface area contributed by atoms with Crippen molar-refractivity contribution < 1.29 is 14.3 Å². The molecule has 0 amide bonds. The van der Waals surface area contributed by atoms with E-state index >= 15 is 0 Å². The molecule has 0 aliphatic carbocycles. The Morgan fingerprint density at radius 1 is 1.38 bits per heavy atom. The second kappa shape index (κ2) is 3.94. The molecule has 0 bridgehead atoms. The summed E-state index contributed by atoms with van der Waals surface area (Å²) >= 11 is 11.0. The molecule has 13 heavy (non-hydrogen) atoms. The molecule has 0 heterocycles. The number of rotatable bonds is 2. The van der Waals surface area contributed by atoms with Gasteiger partial charge in [-0.3, -0.25) is 4.79 Å². The van der Waals surface area contributed by atoms with Crippen LogP contribution < -0.4 is 0 Å². The van der Waals surface area contributed by atoms with Gasteiger partial charge in [0, 0.05) is 5.02 Å². The monoisotopic (exact) mass is 222 g/mol. The summed E-state index contributed by atoms with van der Waals surface area (Å²) in [6, 6.07) is 2.22. The molecule has 0 aliphatic heterocycles. The van der Waals surface area contributed by atoms with E-state index in [0.29, 0.717) is 0 Å². The molecule has 1 aromatic rings. The minimum Gasteiger partial charge on any atom is -0.481 e. The van der Waals surface area contributed by atoms with Crippen LogP contribution in [-0.2, 0) is 11.2 Å². The van der Waals surface area contributed by atoms with Crippen molar-refractivity contribution in [1.29, 1.82) is 0 Å². The molecule has 0 unspecified atom stereocenters. The third-order valence-corrected chi connectivity index (χ3v) is 2.07. The van der Waals surface area contributed by atoms with E-state index in [-0.39, 0.29) is 22.0 Å². The summed E-state index contributed by atoms with van der Waals surface area (Å²) in [5.41, 5.74) is 0.219. The minimum absolute atomic E-state index is 0.112. The van der Waals surface area contributed by atoms with Gasteiger partial charge in [-0.25, -0.2) is 4.39 Å². The van der Waals surface area contributed by atoms with E-state index in [9.17, 15) is 9.18 Å². The van der Waals surface area contributed by atoms with Gasteiger partial charge in [-0.15, -0.1) is 0 Å². The molecule has 0 aromatic heterocycles. The van der Waals surface area contributed by atoms with Gasteiger partial charge in [0.25, 0.3) is 0 Å². The summed E-state index contributed by atoms with van der Waals surface area (Å²) in [7, 11) is 0. The standard InChI is InChI=1S/C8H5Cl2FO2/c9-5-3-6(10)7(11)1-4(5)2-8(12)13/h1,3H,2H2,(H,12,13). The number of carboxylic acid groups (broad SMARTS) is 1. The predicted octanol–water partition coefficient (Wildman–Crippen LogP) is 2.76. The molecule has 0 fully saturated rings. The van der Waals surface area contributed by atoms with Crippen LogP contribution in [-0.4, -0.2) is 11.1 Å². The molecule has 0 aliphatic rings. The van der Waals surface area contributed by atoms with Gasteiger partial charge in [-0.05, 0) is 17.7 Å². The Morgan fingerprint density at radius 3 is 2.54 bits per heavy atom. The van der Waals surface area contributed by atoms with Crippen molar-refractivity contribution in [2.75, 3.05) is 0 Å².